The number of aliphatic hydroxyl groups is 2. The van der Waals surface area contributed by atoms with Gasteiger partial charge in [-0.3, -0.25) is 4.79 Å². The van der Waals surface area contributed by atoms with Crippen LogP contribution in [0.3, 0.4) is 0 Å². The van der Waals surface area contributed by atoms with Gasteiger partial charge in [0.25, 0.3) is 0 Å². The molecule has 0 aromatic carbocycles. The van der Waals surface area contributed by atoms with Gasteiger partial charge < -0.3 is 10.2 Å². The van der Waals surface area contributed by atoms with E-state index < -0.39 is 11.2 Å². The van der Waals surface area contributed by atoms with E-state index in [0.717, 1.165) is 32.1 Å². The topological polar surface area (TPSA) is 57.5 Å². The zero-order chi connectivity index (χ0) is 18.0. The molecular weight excluding hydrogens is 312 g/mol. The van der Waals surface area contributed by atoms with Gasteiger partial charge in [0.05, 0.1) is 5.60 Å². The van der Waals surface area contributed by atoms with E-state index in [0.29, 0.717) is 37.0 Å². The lowest BCUT2D eigenvalue weighted by molar-refractivity contribution is -0.191. The summed E-state index contributed by atoms with van der Waals surface area (Å²) >= 11 is 0. The summed E-state index contributed by atoms with van der Waals surface area (Å²) in [6, 6.07) is 0. The van der Waals surface area contributed by atoms with Crippen molar-refractivity contribution < 1.29 is 15.0 Å². The van der Waals surface area contributed by atoms with Gasteiger partial charge in [0.2, 0.25) is 0 Å². The van der Waals surface area contributed by atoms with E-state index in [1.807, 2.05) is 13.0 Å². The monoisotopic (exact) mass is 342 g/mol. The molecule has 4 aliphatic rings. The predicted molar refractivity (Wildman–Crippen MR) is 96.5 cm³/mol. The van der Waals surface area contributed by atoms with Gasteiger partial charge in [0.1, 0.15) is 5.60 Å². The van der Waals surface area contributed by atoms with Gasteiger partial charge in [-0.25, -0.2) is 0 Å². The third-order valence-corrected chi connectivity index (χ3v) is 8.31. The first-order valence-electron chi connectivity index (χ1n) is 9.94. The van der Waals surface area contributed by atoms with Crippen molar-refractivity contribution in [3.63, 3.8) is 0 Å². The van der Waals surface area contributed by atoms with Crippen LogP contribution >= 0.6 is 0 Å². The molecule has 4 aliphatic carbocycles. The number of ketones is 1. The Balaban J connectivity index is 1.78. The van der Waals surface area contributed by atoms with Crippen LogP contribution in [0.1, 0.15) is 65.2 Å². The summed E-state index contributed by atoms with van der Waals surface area (Å²) in [5.41, 5.74) is -1.07. The number of carbonyl (C=O) groups is 1. The van der Waals surface area contributed by atoms with Crippen LogP contribution in [0.5, 0.6) is 0 Å². The molecule has 136 valence electrons. The summed E-state index contributed by atoms with van der Waals surface area (Å²) in [6.07, 6.45) is 14.1. The van der Waals surface area contributed by atoms with Crippen molar-refractivity contribution in [2.75, 3.05) is 0 Å². The van der Waals surface area contributed by atoms with Gasteiger partial charge in [-0.05, 0) is 81.6 Å². The predicted octanol–water partition coefficient (Wildman–Crippen LogP) is 3.24. The molecule has 2 N–H and O–H groups in total. The molecular formula is C22H30O3. The minimum atomic E-state index is -1.10. The zero-order valence-electron chi connectivity index (χ0n) is 15.4. The standard InChI is InChI=1S/C22H30O3/c1-4-21-13-20(3,24)19-16-9-7-15(23)12-14(16)6-8-17(19)18(21)10-11-22(21,25)5-2/h2,12,16-19,24-25H,4,6-11,13H2,1,3H3/t16?,17?,18?,19?,20-,21-,22-/m0/s1. The Morgan fingerprint density at radius 1 is 1.28 bits per heavy atom. The first-order chi connectivity index (χ1) is 11.8. The van der Waals surface area contributed by atoms with Crippen molar-refractivity contribution in [3.8, 4) is 12.3 Å². The maximum Gasteiger partial charge on any atom is 0.155 e. The van der Waals surface area contributed by atoms with E-state index in [4.69, 9.17) is 6.42 Å². The number of carbonyl (C=O) groups excluding carboxylic acids is 1. The molecule has 0 aromatic rings. The van der Waals surface area contributed by atoms with Gasteiger partial charge in [-0.2, -0.15) is 0 Å². The lowest BCUT2D eigenvalue weighted by atomic mass is 9.45. The van der Waals surface area contributed by atoms with Crippen LogP contribution in [-0.4, -0.2) is 27.2 Å². The molecule has 0 bridgehead atoms. The van der Waals surface area contributed by atoms with Crippen LogP contribution in [-0.2, 0) is 4.79 Å². The molecule has 7 atom stereocenters. The maximum absolute atomic E-state index is 11.8. The highest BCUT2D eigenvalue weighted by Gasteiger charge is 2.68. The number of rotatable bonds is 1. The molecule has 4 rings (SSSR count). The zero-order valence-corrected chi connectivity index (χ0v) is 15.4. The fraction of sp³-hybridized carbons (Fsp3) is 0.773. The summed E-state index contributed by atoms with van der Waals surface area (Å²) < 4.78 is 0. The van der Waals surface area contributed by atoms with E-state index >= 15 is 0 Å². The fourth-order valence-electron chi connectivity index (χ4n) is 7.44. The van der Waals surface area contributed by atoms with Crippen molar-refractivity contribution in [1.29, 1.82) is 0 Å². The van der Waals surface area contributed by atoms with E-state index in [1.54, 1.807) is 0 Å². The summed E-state index contributed by atoms with van der Waals surface area (Å²) in [7, 11) is 0. The number of terminal acetylenes is 1. The summed E-state index contributed by atoms with van der Waals surface area (Å²) in [5.74, 6) is 4.23. The average molecular weight is 342 g/mol. The second kappa shape index (κ2) is 5.44. The smallest absolute Gasteiger partial charge is 0.155 e. The molecule has 0 radical (unpaired) electrons. The normalized spacial score (nSPS) is 51.8. The lowest BCUT2D eigenvalue weighted by Gasteiger charge is -2.61. The largest absolute Gasteiger partial charge is 0.390 e. The molecule has 3 heteroatoms. The van der Waals surface area contributed by atoms with Crippen LogP contribution in [0.25, 0.3) is 0 Å². The number of hydrogen-bond acceptors (Lipinski definition) is 3. The van der Waals surface area contributed by atoms with Crippen LogP contribution in [0.15, 0.2) is 11.6 Å². The van der Waals surface area contributed by atoms with Crippen molar-refractivity contribution in [1.82, 2.24) is 0 Å². The third-order valence-electron chi connectivity index (χ3n) is 8.31. The van der Waals surface area contributed by atoms with E-state index in [2.05, 4.69) is 12.8 Å². The molecule has 4 unspecified atom stereocenters. The highest BCUT2D eigenvalue weighted by atomic mass is 16.3. The van der Waals surface area contributed by atoms with Crippen molar-refractivity contribution in [2.45, 2.75) is 76.4 Å². The van der Waals surface area contributed by atoms with Gasteiger partial charge in [0, 0.05) is 11.8 Å². The van der Waals surface area contributed by atoms with E-state index in [1.165, 1.54) is 5.57 Å². The highest BCUT2D eigenvalue weighted by molar-refractivity contribution is 5.91. The van der Waals surface area contributed by atoms with E-state index in [-0.39, 0.29) is 17.1 Å². The maximum atomic E-state index is 11.8. The van der Waals surface area contributed by atoms with Crippen LogP contribution in [0, 0.1) is 41.4 Å². The summed E-state index contributed by atoms with van der Waals surface area (Å²) in [6.45, 7) is 4.07. The van der Waals surface area contributed by atoms with Crippen molar-refractivity contribution >= 4 is 5.78 Å². The molecule has 0 heterocycles. The molecule has 0 aliphatic heterocycles. The van der Waals surface area contributed by atoms with Crippen molar-refractivity contribution in [2.24, 2.45) is 29.1 Å². The number of hydrogen-bond donors (Lipinski definition) is 2. The Kier molecular flexibility index (Phi) is 3.77. The quantitative estimate of drug-likeness (QED) is 0.719. The van der Waals surface area contributed by atoms with Crippen LogP contribution in [0.4, 0.5) is 0 Å². The molecule has 3 fully saturated rings. The Morgan fingerprint density at radius 2 is 2.04 bits per heavy atom. The SMILES string of the molecule is C#C[C@]1(O)CCC2C3CCC4=CC(=O)CCC4C3[C@@](C)(O)C[C@@]21CC. The van der Waals surface area contributed by atoms with Crippen LogP contribution < -0.4 is 0 Å². The third kappa shape index (κ3) is 2.17. The summed E-state index contributed by atoms with van der Waals surface area (Å²) in [5, 5.41) is 22.8. The molecule has 0 spiro atoms. The molecule has 3 nitrogen and oxygen atoms in total. The fourth-order valence-corrected chi connectivity index (χ4v) is 7.44. The first kappa shape index (κ1) is 17.3. The van der Waals surface area contributed by atoms with Crippen LogP contribution in [0.2, 0.25) is 0 Å². The molecule has 0 saturated heterocycles. The molecule has 0 aromatic heterocycles. The Hall–Kier alpha value is -1.11. The highest BCUT2D eigenvalue weighted by Crippen LogP contribution is 2.68. The number of fused-ring (bicyclic) bond motifs is 5. The second-order valence-electron chi connectivity index (χ2n) is 9.25. The van der Waals surface area contributed by atoms with E-state index in [9.17, 15) is 15.0 Å². The minimum absolute atomic E-state index is 0.186. The summed E-state index contributed by atoms with van der Waals surface area (Å²) in [4.78, 5) is 11.8. The Labute approximate surface area is 150 Å². The molecule has 25 heavy (non-hydrogen) atoms. The van der Waals surface area contributed by atoms with Gasteiger partial charge >= 0.3 is 0 Å². The van der Waals surface area contributed by atoms with Gasteiger partial charge in [-0.1, -0.05) is 18.4 Å². The first-order valence-corrected chi connectivity index (χ1v) is 9.94. The van der Waals surface area contributed by atoms with Gasteiger partial charge in [0.15, 0.2) is 5.78 Å². The van der Waals surface area contributed by atoms with Gasteiger partial charge in [-0.15, -0.1) is 6.42 Å². The Bertz CT molecular complexity index is 669. The van der Waals surface area contributed by atoms with Crippen molar-refractivity contribution in [3.05, 3.63) is 11.6 Å². The second-order valence-corrected chi connectivity index (χ2v) is 9.25. The lowest BCUT2D eigenvalue weighted by Crippen LogP contribution is -2.62. The molecule has 3 saturated carbocycles. The average Bonchev–Trinajstić information content (AvgIpc) is 2.87. The molecule has 0 amide bonds. The Morgan fingerprint density at radius 3 is 2.72 bits per heavy atom. The minimum Gasteiger partial charge on any atom is -0.390 e. The number of allylic oxidation sites excluding steroid dienone is 1.